The summed E-state index contributed by atoms with van der Waals surface area (Å²) < 4.78 is 6.59. The van der Waals surface area contributed by atoms with E-state index in [4.69, 9.17) is 4.74 Å². The Balaban J connectivity index is 1.73. The van der Waals surface area contributed by atoms with Crippen molar-refractivity contribution in [1.29, 1.82) is 0 Å². The normalized spacial score (nSPS) is 17.1. The van der Waals surface area contributed by atoms with Crippen LogP contribution in [0.5, 0.6) is 0 Å². The molecule has 1 N–H and O–H groups in total. The van der Waals surface area contributed by atoms with E-state index in [1.807, 2.05) is 0 Å². The lowest BCUT2D eigenvalue weighted by molar-refractivity contribution is -0.384. The van der Waals surface area contributed by atoms with Crippen LogP contribution in [0.3, 0.4) is 0 Å². The molecular formula is C15H16N4O5. The standard InChI is InChI=1S/C15H16N4O5/c20-14(16-7-11-2-1-5-24-11)8-18-9-17-13-6-10(19(22)23)3-4-12(13)15(18)21/h3-4,6,9,11H,1-2,5,7-8H2,(H,16,20)/t11-/m1/s1. The maximum Gasteiger partial charge on any atom is 0.271 e. The maximum atomic E-state index is 12.4. The van der Waals surface area contributed by atoms with Crippen molar-refractivity contribution in [2.24, 2.45) is 0 Å². The number of amides is 1. The van der Waals surface area contributed by atoms with Crippen molar-refractivity contribution >= 4 is 22.5 Å². The van der Waals surface area contributed by atoms with E-state index in [0.717, 1.165) is 12.8 Å². The van der Waals surface area contributed by atoms with Gasteiger partial charge in [0.1, 0.15) is 6.54 Å². The van der Waals surface area contributed by atoms with Gasteiger partial charge in [0.05, 0.1) is 28.3 Å². The lowest BCUT2D eigenvalue weighted by atomic mass is 10.2. The zero-order chi connectivity index (χ0) is 17.1. The van der Waals surface area contributed by atoms with Crippen LogP contribution in [0.15, 0.2) is 29.3 Å². The average molecular weight is 332 g/mol. The second-order valence-corrected chi connectivity index (χ2v) is 5.58. The fourth-order valence-corrected chi connectivity index (χ4v) is 2.62. The molecule has 1 aliphatic heterocycles. The number of hydrogen-bond acceptors (Lipinski definition) is 6. The number of fused-ring (bicyclic) bond motifs is 1. The number of nitro groups is 1. The molecule has 0 aliphatic carbocycles. The van der Waals surface area contributed by atoms with Crippen molar-refractivity contribution in [2.75, 3.05) is 13.2 Å². The third kappa shape index (κ3) is 3.40. The van der Waals surface area contributed by atoms with Gasteiger partial charge in [-0.1, -0.05) is 0 Å². The molecule has 1 aliphatic rings. The molecule has 9 nitrogen and oxygen atoms in total. The molecule has 1 saturated heterocycles. The first-order chi connectivity index (χ1) is 11.5. The first-order valence-corrected chi connectivity index (χ1v) is 7.56. The van der Waals surface area contributed by atoms with E-state index in [0.29, 0.717) is 13.2 Å². The molecule has 1 fully saturated rings. The number of rotatable bonds is 5. The van der Waals surface area contributed by atoms with Crippen LogP contribution in [0.1, 0.15) is 12.8 Å². The van der Waals surface area contributed by atoms with E-state index >= 15 is 0 Å². The van der Waals surface area contributed by atoms with E-state index in [2.05, 4.69) is 10.3 Å². The second kappa shape index (κ2) is 6.75. The predicted molar refractivity (Wildman–Crippen MR) is 84.6 cm³/mol. The van der Waals surface area contributed by atoms with Crippen LogP contribution >= 0.6 is 0 Å². The van der Waals surface area contributed by atoms with E-state index in [-0.39, 0.29) is 35.1 Å². The van der Waals surface area contributed by atoms with Gasteiger partial charge in [-0.2, -0.15) is 0 Å². The van der Waals surface area contributed by atoms with Crippen LogP contribution in [-0.2, 0) is 16.1 Å². The summed E-state index contributed by atoms with van der Waals surface area (Å²) in [6, 6.07) is 3.83. The SMILES string of the molecule is O=C(Cn1cnc2cc([N+](=O)[O-])ccc2c1=O)NC[C@H]1CCCO1. The zero-order valence-corrected chi connectivity index (χ0v) is 12.8. The molecule has 2 aromatic rings. The fourth-order valence-electron chi connectivity index (χ4n) is 2.62. The van der Waals surface area contributed by atoms with Gasteiger partial charge in [-0.25, -0.2) is 4.98 Å². The minimum Gasteiger partial charge on any atom is -0.376 e. The Labute approximate surface area is 136 Å². The van der Waals surface area contributed by atoms with Gasteiger partial charge in [-0.3, -0.25) is 24.3 Å². The van der Waals surface area contributed by atoms with Gasteiger partial charge in [0.25, 0.3) is 11.2 Å². The van der Waals surface area contributed by atoms with Crippen LogP contribution in [0.25, 0.3) is 10.9 Å². The summed E-state index contributed by atoms with van der Waals surface area (Å²) in [7, 11) is 0. The molecule has 2 heterocycles. The van der Waals surface area contributed by atoms with Crippen LogP contribution < -0.4 is 10.9 Å². The quantitative estimate of drug-likeness (QED) is 0.633. The van der Waals surface area contributed by atoms with Gasteiger partial charge in [0, 0.05) is 25.3 Å². The van der Waals surface area contributed by atoms with Gasteiger partial charge in [0.2, 0.25) is 5.91 Å². The Kier molecular flexibility index (Phi) is 4.52. The number of hydrogen-bond donors (Lipinski definition) is 1. The van der Waals surface area contributed by atoms with Gasteiger partial charge in [-0.15, -0.1) is 0 Å². The van der Waals surface area contributed by atoms with Crippen molar-refractivity contribution in [2.45, 2.75) is 25.5 Å². The third-order valence-corrected chi connectivity index (χ3v) is 3.88. The number of benzene rings is 1. The molecule has 0 unspecified atom stereocenters. The first kappa shape index (κ1) is 16.1. The highest BCUT2D eigenvalue weighted by atomic mass is 16.6. The molecule has 24 heavy (non-hydrogen) atoms. The molecular weight excluding hydrogens is 316 g/mol. The molecule has 0 spiro atoms. The Hall–Kier alpha value is -2.81. The molecule has 1 aromatic heterocycles. The van der Waals surface area contributed by atoms with Gasteiger partial charge in [0.15, 0.2) is 0 Å². The largest absolute Gasteiger partial charge is 0.376 e. The topological polar surface area (TPSA) is 116 Å². The summed E-state index contributed by atoms with van der Waals surface area (Å²) >= 11 is 0. The van der Waals surface area contributed by atoms with Crippen molar-refractivity contribution in [3.63, 3.8) is 0 Å². The molecule has 3 rings (SSSR count). The third-order valence-electron chi connectivity index (χ3n) is 3.88. The molecule has 126 valence electrons. The molecule has 9 heteroatoms. The Morgan fingerprint density at radius 2 is 2.33 bits per heavy atom. The highest BCUT2D eigenvalue weighted by molar-refractivity contribution is 5.80. The minimum atomic E-state index is -0.550. The maximum absolute atomic E-state index is 12.4. The van der Waals surface area contributed by atoms with Crippen LogP contribution in [0.4, 0.5) is 5.69 Å². The summed E-state index contributed by atoms with van der Waals surface area (Å²) in [6.07, 6.45) is 3.15. The zero-order valence-electron chi connectivity index (χ0n) is 12.8. The number of nitro benzene ring substituents is 1. The average Bonchev–Trinajstić information content (AvgIpc) is 3.08. The van der Waals surface area contributed by atoms with Gasteiger partial charge in [-0.05, 0) is 18.9 Å². The minimum absolute atomic E-state index is 0.0287. The number of nitrogens with one attached hydrogen (secondary N) is 1. The predicted octanol–water partition coefficient (Wildman–Crippen LogP) is 0.600. The number of non-ortho nitro benzene ring substituents is 1. The lowest BCUT2D eigenvalue weighted by Crippen LogP contribution is -2.36. The van der Waals surface area contributed by atoms with Crippen LogP contribution in [0, 0.1) is 10.1 Å². The number of nitrogens with zero attached hydrogens (tertiary/aromatic N) is 3. The second-order valence-electron chi connectivity index (χ2n) is 5.58. The lowest BCUT2D eigenvalue weighted by Gasteiger charge is -2.11. The van der Waals surface area contributed by atoms with Crippen LogP contribution in [0.2, 0.25) is 0 Å². The summed E-state index contributed by atoms with van der Waals surface area (Å²) in [5.74, 6) is -0.310. The number of carbonyl (C=O) groups is 1. The summed E-state index contributed by atoms with van der Waals surface area (Å²) in [4.78, 5) is 38.5. The molecule has 1 atom stereocenters. The smallest absolute Gasteiger partial charge is 0.271 e. The molecule has 1 aromatic carbocycles. The molecule has 0 radical (unpaired) electrons. The molecule has 0 bridgehead atoms. The van der Waals surface area contributed by atoms with Crippen molar-refractivity contribution < 1.29 is 14.5 Å². The Morgan fingerprint density at radius 3 is 3.04 bits per heavy atom. The number of carbonyl (C=O) groups excluding carboxylic acids is 1. The highest BCUT2D eigenvalue weighted by Crippen LogP contribution is 2.16. The first-order valence-electron chi connectivity index (χ1n) is 7.56. The Bertz CT molecular complexity index is 841. The van der Waals surface area contributed by atoms with Crippen molar-refractivity contribution in [3.05, 3.63) is 45.0 Å². The van der Waals surface area contributed by atoms with Crippen molar-refractivity contribution in [1.82, 2.24) is 14.9 Å². The number of ether oxygens (including phenoxy) is 1. The van der Waals surface area contributed by atoms with Crippen LogP contribution in [-0.4, -0.2) is 39.6 Å². The monoisotopic (exact) mass is 332 g/mol. The van der Waals surface area contributed by atoms with E-state index in [1.54, 1.807) is 0 Å². The Morgan fingerprint density at radius 1 is 1.50 bits per heavy atom. The molecule has 0 saturated carbocycles. The van der Waals surface area contributed by atoms with E-state index < -0.39 is 10.5 Å². The van der Waals surface area contributed by atoms with Gasteiger partial charge >= 0.3 is 0 Å². The number of aromatic nitrogens is 2. The van der Waals surface area contributed by atoms with E-state index in [9.17, 15) is 19.7 Å². The molecule has 1 amide bonds. The highest BCUT2D eigenvalue weighted by Gasteiger charge is 2.17. The van der Waals surface area contributed by atoms with Gasteiger partial charge < -0.3 is 10.1 Å². The summed E-state index contributed by atoms with van der Waals surface area (Å²) in [6.45, 7) is 0.965. The van der Waals surface area contributed by atoms with E-state index in [1.165, 1.54) is 29.1 Å². The summed E-state index contributed by atoms with van der Waals surface area (Å²) in [5, 5.41) is 13.7. The fraction of sp³-hybridized carbons (Fsp3) is 0.400. The summed E-state index contributed by atoms with van der Waals surface area (Å²) in [5.41, 5.74) is -0.325. The van der Waals surface area contributed by atoms with Crippen molar-refractivity contribution in [3.8, 4) is 0 Å².